The number of carbonyl (C=O) groups excluding carboxylic acids is 2. The lowest BCUT2D eigenvalue weighted by Gasteiger charge is -2.31. The highest BCUT2D eigenvalue weighted by molar-refractivity contribution is 7.93. The van der Waals surface area contributed by atoms with Gasteiger partial charge in [0.15, 0.2) is 5.75 Å². The predicted octanol–water partition coefficient (Wildman–Crippen LogP) is 5.02. The van der Waals surface area contributed by atoms with E-state index >= 15 is 0 Å². The number of amides is 1. The normalized spacial score (nSPS) is 12.8. The number of nitrogens with one attached hydrogen (secondary N) is 1. The molecular weight excluding hydrogens is 543 g/mol. The maximum atomic E-state index is 13.6. The second kappa shape index (κ2) is 10.9. The zero-order valence-corrected chi connectivity index (χ0v) is 22.1. The van der Waals surface area contributed by atoms with Crippen LogP contribution in [0.25, 0.3) is 0 Å². The molecule has 0 bridgehead atoms. The van der Waals surface area contributed by atoms with Crippen LogP contribution in [0.2, 0.25) is 10.0 Å². The molecule has 1 heterocycles. The minimum absolute atomic E-state index is 0.0261. The van der Waals surface area contributed by atoms with E-state index in [1.807, 2.05) is 0 Å². The fourth-order valence-electron chi connectivity index (χ4n) is 3.72. The van der Waals surface area contributed by atoms with Gasteiger partial charge in [-0.2, -0.15) is 0 Å². The first-order valence-electron chi connectivity index (χ1n) is 11.1. The number of hydrogen-bond acceptors (Lipinski definition) is 7. The van der Waals surface area contributed by atoms with E-state index in [9.17, 15) is 18.0 Å². The lowest BCUT2D eigenvalue weighted by molar-refractivity contribution is 0.0526. The summed E-state index contributed by atoms with van der Waals surface area (Å²) in [5, 5.41) is 2.99. The fourth-order valence-corrected chi connectivity index (χ4v) is 5.85. The van der Waals surface area contributed by atoms with Gasteiger partial charge in [0.1, 0.15) is 17.3 Å². The summed E-state index contributed by atoms with van der Waals surface area (Å²) in [7, 11) is -2.81. The van der Waals surface area contributed by atoms with E-state index in [2.05, 4.69) is 5.32 Å². The standard InChI is InChI=1S/C25H22Cl2N2O7S/c1-3-35-25(31)15-4-7-18(8-5-15)28-24(30)16-12-19(27)23-20(13-16)29(10-11-36-23)37(32,33)22-14-17(26)6-9-21(22)34-2/h4-9,12-14H,3,10-11H2,1-2H3,(H,28,30). The van der Waals surface area contributed by atoms with Crippen molar-refractivity contribution in [3.8, 4) is 11.5 Å². The number of benzene rings is 3. The van der Waals surface area contributed by atoms with Gasteiger partial charge in [-0.25, -0.2) is 13.2 Å². The van der Waals surface area contributed by atoms with Gasteiger partial charge >= 0.3 is 5.97 Å². The Morgan fingerprint density at radius 3 is 2.46 bits per heavy atom. The molecule has 3 aromatic rings. The summed E-state index contributed by atoms with van der Waals surface area (Å²) in [5.41, 5.74) is 0.952. The molecule has 0 saturated carbocycles. The molecule has 1 N–H and O–H groups in total. The Balaban J connectivity index is 1.67. The van der Waals surface area contributed by atoms with Crippen molar-refractivity contribution in [3.05, 3.63) is 75.8 Å². The van der Waals surface area contributed by atoms with Gasteiger partial charge in [0.2, 0.25) is 0 Å². The number of carbonyl (C=O) groups is 2. The molecule has 0 radical (unpaired) electrons. The Hall–Kier alpha value is -3.47. The highest BCUT2D eigenvalue weighted by atomic mass is 35.5. The number of ether oxygens (including phenoxy) is 3. The average Bonchev–Trinajstić information content (AvgIpc) is 2.88. The van der Waals surface area contributed by atoms with Crippen molar-refractivity contribution in [2.24, 2.45) is 0 Å². The first-order valence-corrected chi connectivity index (χ1v) is 13.3. The number of sulfonamides is 1. The molecule has 0 aliphatic carbocycles. The summed E-state index contributed by atoms with van der Waals surface area (Å²) in [5.74, 6) is -0.771. The van der Waals surface area contributed by atoms with Crippen LogP contribution in [0.1, 0.15) is 27.6 Å². The Bertz CT molecular complexity index is 1460. The third-order valence-corrected chi connectivity index (χ3v) is 7.79. The Kier molecular flexibility index (Phi) is 7.82. The van der Waals surface area contributed by atoms with Crippen LogP contribution >= 0.6 is 23.2 Å². The van der Waals surface area contributed by atoms with Gasteiger partial charge in [-0.1, -0.05) is 23.2 Å². The maximum Gasteiger partial charge on any atom is 0.338 e. The molecule has 0 spiro atoms. The van der Waals surface area contributed by atoms with Crippen LogP contribution in [0.5, 0.6) is 11.5 Å². The molecule has 4 rings (SSSR count). The molecule has 9 nitrogen and oxygen atoms in total. The summed E-state index contributed by atoms with van der Waals surface area (Å²) in [6, 6.07) is 13.2. The van der Waals surface area contributed by atoms with Crippen LogP contribution in [-0.2, 0) is 14.8 Å². The van der Waals surface area contributed by atoms with E-state index in [4.69, 9.17) is 37.4 Å². The lowest BCUT2D eigenvalue weighted by Crippen LogP contribution is -2.38. The first kappa shape index (κ1) is 26.6. The third kappa shape index (κ3) is 5.46. The quantitative estimate of drug-likeness (QED) is 0.401. The molecular formula is C25H22Cl2N2O7S. The fraction of sp³-hybridized carbons (Fsp3) is 0.200. The molecule has 0 saturated heterocycles. The lowest BCUT2D eigenvalue weighted by atomic mass is 10.1. The summed E-state index contributed by atoms with van der Waals surface area (Å²) in [6.07, 6.45) is 0. The predicted molar refractivity (Wildman–Crippen MR) is 140 cm³/mol. The summed E-state index contributed by atoms with van der Waals surface area (Å²) >= 11 is 12.5. The summed E-state index contributed by atoms with van der Waals surface area (Å²) in [4.78, 5) is 24.7. The largest absolute Gasteiger partial charge is 0.495 e. The summed E-state index contributed by atoms with van der Waals surface area (Å²) < 4.78 is 44.2. The van der Waals surface area contributed by atoms with E-state index in [0.29, 0.717) is 11.3 Å². The minimum atomic E-state index is -4.17. The van der Waals surface area contributed by atoms with E-state index in [-0.39, 0.29) is 57.4 Å². The number of anilines is 2. The van der Waals surface area contributed by atoms with Crippen LogP contribution in [0, 0.1) is 0 Å². The van der Waals surface area contributed by atoms with Gasteiger partial charge < -0.3 is 19.5 Å². The molecule has 1 aliphatic heterocycles. The topological polar surface area (TPSA) is 111 Å². The second-order valence-corrected chi connectivity index (χ2v) is 10.5. The van der Waals surface area contributed by atoms with E-state index in [0.717, 1.165) is 4.31 Å². The average molecular weight is 565 g/mol. The van der Waals surface area contributed by atoms with Crippen molar-refractivity contribution in [3.63, 3.8) is 0 Å². The highest BCUT2D eigenvalue weighted by Gasteiger charge is 2.34. The van der Waals surface area contributed by atoms with Gasteiger partial charge in [-0.3, -0.25) is 9.10 Å². The number of nitrogens with zero attached hydrogens (tertiary/aromatic N) is 1. The number of esters is 1. The van der Waals surface area contributed by atoms with Crippen molar-refractivity contribution >= 4 is 56.5 Å². The SMILES string of the molecule is CCOC(=O)c1ccc(NC(=O)c2cc(Cl)c3c(c2)N(S(=O)(=O)c2cc(Cl)ccc2OC)CCO3)cc1. The van der Waals surface area contributed by atoms with Crippen molar-refractivity contribution in [2.75, 3.05) is 36.5 Å². The van der Waals surface area contributed by atoms with Crippen LogP contribution in [0.15, 0.2) is 59.5 Å². The molecule has 0 atom stereocenters. The molecule has 194 valence electrons. The van der Waals surface area contributed by atoms with E-state index in [1.54, 1.807) is 19.1 Å². The smallest absolute Gasteiger partial charge is 0.338 e. The molecule has 1 aliphatic rings. The molecule has 1 amide bonds. The van der Waals surface area contributed by atoms with E-state index in [1.165, 1.54) is 49.6 Å². The molecule has 0 unspecified atom stereocenters. The van der Waals surface area contributed by atoms with Gasteiger partial charge in [0, 0.05) is 16.3 Å². The monoisotopic (exact) mass is 564 g/mol. The number of hydrogen-bond donors (Lipinski definition) is 1. The Morgan fingerprint density at radius 2 is 1.78 bits per heavy atom. The Morgan fingerprint density at radius 1 is 1.05 bits per heavy atom. The third-order valence-electron chi connectivity index (χ3n) is 5.44. The molecule has 0 fully saturated rings. The molecule has 3 aromatic carbocycles. The maximum absolute atomic E-state index is 13.6. The number of rotatable bonds is 7. The highest BCUT2D eigenvalue weighted by Crippen LogP contribution is 2.43. The molecule has 0 aromatic heterocycles. The second-order valence-electron chi connectivity index (χ2n) is 7.78. The number of halogens is 2. The van der Waals surface area contributed by atoms with Crippen molar-refractivity contribution in [1.29, 1.82) is 0 Å². The zero-order valence-electron chi connectivity index (χ0n) is 19.8. The number of fused-ring (bicyclic) bond motifs is 1. The van der Waals surface area contributed by atoms with Crippen LogP contribution in [0.3, 0.4) is 0 Å². The first-order chi connectivity index (χ1) is 17.6. The minimum Gasteiger partial charge on any atom is -0.495 e. The van der Waals surface area contributed by atoms with Gasteiger partial charge in [0.05, 0.1) is 36.5 Å². The van der Waals surface area contributed by atoms with Crippen LogP contribution in [0.4, 0.5) is 11.4 Å². The van der Waals surface area contributed by atoms with Crippen LogP contribution in [-0.4, -0.2) is 47.2 Å². The van der Waals surface area contributed by atoms with Gasteiger partial charge in [-0.15, -0.1) is 0 Å². The van der Waals surface area contributed by atoms with Crippen molar-refractivity contribution < 1.29 is 32.2 Å². The van der Waals surface area contributed by atoms with Crippen LogP contribution < -0.4 is 19.1 Å². The van der Waals surface area contributed by atoms with Gasteiger partial charge in [0.25, 0.3) is 15.9 Å². The van der Waals surface area contributed by atoms with Crippen molar-refractivity contribution in [1.82, 2.24) is 0 Å². The Labute approximate surface area is 223 Å². The molecule has 37 heavy (non-hydrogen) atoms. The molecule has 12 heteroatoms. The van der Waals surface area contributed by atoms with E-state index < -0.39 is 21.9 Å². The van der Waals surface area contributed by atoms with Gasteiger partial charge in [-0.05, 0) is 61.5 Å². The summed E-state index contributed by atoms with van der Waals surface area (Å²) in [6.45, 7) is 1.98. The van der Waals surface area contributed by atoms with Crippen molar-refractivity contribution in [2.45, 2.75) is 11.8 Å². The number of methoxy groups -OCH3 is 1. The zero-order chi connectivity index (χ0) is 26.7.